The van der Waals surface area contributed by atoms with Gasteiger partial charge in [-0.15, -0.1) is 11.3 Å². The van der Waals surface area contributed by atoms with Crippen LogP contribution in [0.3, 0.4) is 0 Å². The summed E-state index contributed by atoms with van der Waals surface area (Å²) in [4.78, 5) is 1.40. The molecule has 1 heterocycles. The summed E-state index contributed by atoms with van der Waals surface area (Å²) in [5.74, 6) is 0.507. The van der Waals surface area contributed by atoms with Gasteiger partial charge in [-0.2, -0.15) is 0 Å². The molecule has 1 fully saturated rings. The molecule has 2 rings (SSSR count). The van der Waals surface area contributed by atoms with Crippen molar-refractivity contribution < 1.29 is 5.11 Å². The third kappa shape index (κ3) is 2.67. The van der Waals surface area contributed by atoms with E-state index < -0.39 is 0 Å². The van der Waals surface area contributed by atoms with Gasteiger partial charge in [-0.25, -0.2) is 0 Å². The lowest BCUT2D eigenvalue weighted by molar-refractivity contribution is 0.0479. The van der Waals surface area contributed by atoms with E-state index in [0.29, 0.717) is 11.3 Å². The fraction of sp³-hybridized carbons (Fsp3) is 0.714. The zero-order valence-corrected chi connectivity index (χ0v) is 11.1. The third-order valence-electron chi connectivity index (χ3n) is 4.07. The maximum Gasteiger partial charge on any atom is 0.0577 e. The molecule has 90 valence electrons. The van der Waals surface area contributed by atoms with Gasteiger partial charge >= 0.3 is 0 Å². The summed E-state index contributed by atoms with van der Waals surface area (Å²) in [7, 11) is 0. The van der Waals surface area contributed by atoms with Crippen LogP contribution >= 0.6 is 11.3 Å². The van der Waals surface area contributed by atoms with Crippen molar-refractivity contribution in [2.75, 3.05) is 0 Å². The van der Waals surface area contributed by atoms with Gasteiger partial charge in [-0.05, 0) is 48.5 Å². The fourth-order valence-electron chi connectivity index (χ4n) is 3.01. The minimum absolute atomic E-state index is 0.111. The number of thiophene rings is 1. The van der Waals surface area contributed by atoms with Crippen LogP contribution < -0.4 is 0 Å². The Balaban J connectivity index is 1.86. The van der Waals surface area contributed by atoms with Crippen LogP contribution in [0.5, 0.6) is 0 Å². The smallest absolute Gasteiger partial charge is 0.0577 e. The van der Waals surface area contributed by atoms with Gasteiger partial charge in [-0.1, -0.05) is 26.3 Å². The highest BCUT2D eigenvalue weighted by Crippen LogP contribution is 2.45. The molecule has 1 nitrogen and oxygen atoms in total. The van der Waals surface area contributed by atoms with Crippen molar-refractivity contribution in [3.05, 3.63) is 22.4 Å². The second-order valence-electron chi connectivity index (χ2n) is 5.67. The molecule has 1 saturated carbocycles. The first kappa shape index (κ1) is 12.1. The monoisotopic (exact) mass is 238 g/mol. The Hall–Kier alpha value is -0.340. The van der Waals surface area contributed by atoms with Gasteiger partial charge in [0.2, 0.25) is 0 Å². The molecule has 0 amide bonds. The van der Waals surface area contributed by atoms with Crippen LogP contribution in [-0.4, -0.2) is 11.2 Å². The predicted molar refractivity (Wildman–Crippen MR) is 69.8 cm³/mol. The lowest BCUT2D eigenvalue weighted by Gasteiger charge is -2.31. The zero-order valence-electron chi connectivity index (χ0n) is 10.3. The van der Waals surface area contributed by atoms with E-state index >= 15 is 0 Å². The molecule has 0 aliphatic heterocycles. The minimum atomic E-state index is -0.111. The van der Waals surface area contributed by atoms with E-state index in [1.165, 1.54) is 24.1 Å². The van der Waals surface area contributed by atoms with Gasteiger partial charge in [0.25, 0.3) is 0 Å². The van der Waals surface area contributed by atoms with Crippen LogP contribution in [0.15, 0.2) is 17.5 Å². The summed E-state index contributed by atoms with van der Waals surface area (Å²) in [6.45, 7) is 4.61. The first-order valence-electron chi connectivity index (χ1n) is 6.30. The Labute approximate surface area is 103 Å². The van der Waals surface area contributed by atoms with Gasteiger partial charge in [0.1, 0.15) is 0 Å². The Morgan fingerprint density at radius 3 is 2.94 bits per heavy atom. The first-order chi connectivity index (χ1) is 7.59. The number of hydrogen-bond acceptors (Lipinski definition) is 2. The second-order valence-corrected chi connectivity index (χ2v) is 6.70. The van der Waals surface area contributed by atoms with Gasteiger partial charge in [-0.3, -0.25) is 0 Å². The van der Waals surface area contributed by atoms with Crippen LogP contribution in [0, 0.1) is 11.3 Å². The van der Waals surface area contributed by atoms with Crippen LogP contribution in [-0.2, 0) is 6.42 Å². The number of aliphatic hydroxyl groups excluding tert-OH is 1. The standard InChI is InChI=1S/C14H22OS/c1-14(2)9-3-6-12(14)13(15)8-7-11-5-4-10-16-11/h4-5,10,12-13,15H,3,6-9H2,1-2H3. The molecule has 2 heteroatoms. The number of aryl methyl sites for hydroxylation is 1. The number of aliphatic hydroxyl groups is 1. The highest BCUT2D eigenvalue weighted by Gasteiger charge is 2.38. The highest BCUT2D eigenvalue weighted by molar-refractivity contribution is 7.09. The fourth-order valence-corrected chi connectivity index (χ4v) is 3.74. The Morgan fingerprint density at radius 2 is 2.38 bits per heavy atom. The summed E-state index contributed by atoms with van der Waals surface area (Å²) in [5.41, 5.74) is 0.342. The van der Waals surface area contributed by atoms with Crippen molar-refractivity contribution in [2.45, 2.75) is 52.1 Å². The molecular formula is C14H22OS. The van der Waals surface area contributed by atoms with E-state index in [9.17, 15) is 5.11 Å². The topological polar surface area (TPSA) is 20.2 Å². The molecule has 0 aromatic carbocycles. The number of hydrogen-bond donors (Lipinski definition) is 1. The summed E-state index contributed by atoms with van der Waals surface area (Å²) >= 11 is 1.80. The molecule has 2 atom stereocenters. The largest absolute Gasteiger partial charge is 0.393 e. The molecule has 1 aliphatic carbocycles. The molecule has 0 radical (unpaired) electrons. The molecular weight excluding hydrogens is 216 g/mol. The van der Waals surface area contributed by atoms with Crippen molar-refractivity contribution in [1.29, 1.82) is 0 Å². The normalized spacial score (nSPS) is 25.8. The van der Waals surface area contributed by atoms with Crippen LogP contribution in [0.1, 0.15) is 44.4 Å². The molecule has 16 heavy (non-hydrogen) atoms. The van der Waals surface area contributed by atoms with Gasteiger partial charge < -0.3 is 5.11 Å². The molecule has 0 bridgehead atoms. The SMILES string of the molecule is CC1(C)CCCC1C(O)CCc1cccs1. The first-order valence-corrected chi connectivity index (χ1v) is 7.18. The molecule has 1 aromatic rings. The maximum absolute atomic E-state index is 10.3. The van der Waals surface area contributed by atoms with Crippen LogP contribution in [0.25, 0.3) is 0 Å². The van der Waals surface area contributed by atoms with E-state index in [2.05, 4.69) is 31.4 Å². The van der Waals surface area contributed by atoms with E-state index in [4.69, 9.17) is 0 Å². The van der Waals surface area contributed by atoms with E-state index in [1.54, 1.807) is 11.3 Å². The molecule has 0 spiro atoms. The summed E-state index contributed by atoms with van der Waals surface area (Å²) in [5, 5.41) is 12.4. The summed E-state index contributed by atoms with van der Waals surface area (Å²) in [6.07, 6.45) is 5.61. The second kappa shape index (κ2) is 4.89. The van der Waals surface area contributed by atoms with Gasteiger partial charge in [0, 0.05) is 4.88 Å². The quantitative estimate of drug-likeness (QED) is 0.844. The Bertz CT molecular complexity index is 315. The highest BCUT2D eigenvalue weighted by atomic mass is 32.1. The van der Waals surface area contributed by atoms with Crippen molar-refractivity contribution in [1.82, 2.24) is 0 Å². The summed E-state index contributed by atoms with van der Waals surface area (Å²) in [6, 6.07) is 4.25. The van der Waals surface area contributed by atoms with Crippen LogP contribution in [0.4, 0.5) is 0 Å². The van der Waals surface area contributed by atoms with Crippen molar-refractivity contribution >= 4 is 11.3 Å². The number of rotatable bonds is 4. The van der Waals surface area contributed by atoms with Crippen molar-refractivity contribution in [3.63, 3.8) is 0 Å². The zero-order chi connectivity index (χ0) is 11.6. The lowest BCUT2D eigenvalue weighted by atomic mass is 9.77. The van der Waals surface area contributed by atoms with E-state index in [0.717, 1.165) is 12.8 Å². The lowest BCUT2D eigenvalue weighted by Crippen LogP contribution is -2.29. The van der Waals surface area contributed by atoms with Crippen molar-refractivity contribution in [3.8, 4) is 0 Å². The van der Waals surface area contributed by atoms with E-state index in [-0.39, 0.29) is 6.10 Å². The Kier molecular flexibility index (Phi) is 3.70. The third-order valence-corrected chi connectivity index (χ3v) is 5.01. The average molecular weight is 238 g/mol. The van der Waals surface area contributed by atoms with Gasteiger partial charge in [0.15, 0.2) is 0 Å². The van der Waals surface area contributed by atoms with Gasteiger partial charge in [0.05, 0.1) is 6.10 Å². The summed E-state index contributed by atoms with van der Waals surface area (Å²) < 4.78 is 0. The average Bonchev–Trinajstić information content (AvgIpc) is 2.83. The molecule has 1 N–H and O–H groups in total. The van der Waals surface area contributed by atoms with Crippen molar-refractivity contribution in [2.24, 2.45) is 11.3 Å². The van der Waals surface area contributed by atoms with E-state index in [1.807, 2.05) is 0 Å². The maximum atomic E-state index is 10.3. The molecule has 1 aliphatic rings. The minimum Gasteiger partial charge on any atom is -0.393 e. The predicted octanol–water partition coefficient (Wildman–Crippen LogP) is 3.87. The van der Waals surface area contributed by atoms with Crippen LogP contribution in [0.2, 0.25) is 0 Å². The molecule has 2 unspecified atom stereocenters. The molecule has 0 saturated heterocycles. The molecule has 1 aromatic heterocycles. The Morgan fingerprint density at radius 1 is 1.56 bits per heavy atom.